The van der Waals surface area contributed by atoms with Crippen molar-refractivity contribution in [3.05, 3.63) is 59.9 Å². The van der Waals surface area contributed by atoms with Gasteiger partial charge in [0, 0.05) is 19.2 Å². The molecule has 28 heavy (non-hydrogen) atoms. The number of ether oxygens (including phenoxy) is 1. The zero-order valence-electron chi connectivity index (χ0n) is 14.8. The largest absolute Gasteiger partial charge is 0.435 e. The van der Waals surface area contributed by atoms with E-state index in [1.807, 2.05) is 0 Å². The molecule has 146 valence electrons. The summed E-state index contributed by atoms with van der Waals surface area (Å²) in [4.78, 5) is 14.9. The van der Waals surface area contributed by atoms with E-state index in [1.54, 1.807) is 25.2 Å². The Morgan fingerprint density at radius 2 is 1.96 bits per heavy atom. The van der Waals surface area contributed by atoms with Crippen LogP contribution < -0.4 is 4.74 Å². The summed E-state index contributed by atoms with van der Waals surface area (Å²) in [6.45, 7) is -2.77. The highest BCUT2D eigenvalue weighted by Crippen LogP contribution is 2.16. The average molecular weight is 391 g/mol. The predicted octanol–water partition coefficient (Wildman–Crippen LogP) is 2.74. The first-order chi connectivity index (χ1) is 13.4. The van der Waals surface area contributed by atoms with Crippen LogP contribution in [0.15, 0.2) is 48.5 Å². The molecule has 0 N–H and O–H groups in total. The highest BCUT2D eigenvalue weighted by molar-refractivity contribution is 5.75. The van der Waals surface area contributed by atoms with E-state index in [9.17, 15) is 18.0 Å². The van der Waals surface area contributed by atoms with E-state index in [0.717, 1.165) is 10.4 Å². The normalized spacial score (nSPS) is 10.9. The second-order valence-electron chi connectivity index (χ2n) is 5.93. The van der Waals surface area contributed by atoms with Crippen LogP contribution in [0.1, 0.15) is 5.56 Å². The van der Waals surface area contributed by atoms with E-state index in [1.165, 1.54) is 35.2 Å². The van der Waals surface area contributed by atoms with Gasteiger partial charge in [-0.1, -0.05) is 24.3 Å². The molecule has 0 saturated carbocycles. The molecule has 1 aromatic heterocycles. The maximum Gasteiger partial charge on any atom is 0.387 e. The first-order valence-corrected chi connectivity index (χ1v) is 8.22. The molecule has 0 unspecified atom stereocenters. The molecule has 0 atom stereocenters. The van der Waals surface area contributed by atoms with Crippen molar-refractivity contribution in [1.29, 1.82) is 0 Å². The van der Waals surface area contributed by atoms with Crippen molar-refractivity contribution in [3.8, 4) is 17.1 Å². The maximum atomic E-state index is 13.3. The molecule has 0 fully saturated rings. The van der Waals surface area contributed by atoms with Gasteiger partial charge in [0.25, 0.3) is 0 Å². The second kappa shape index (κ2) is 8.51. The van der Waals surface area contributed by atoms with Gasteiger partial charge in [0.1, 0.15) is 18.1 Å². The van der Waals surface area contributed by atoms with E-state index in [2.05, 4.69) is 20.1 Å². The lowest BCUT2D eigenvalue weighted by molar-refractivity contribution is -0.131. The first kappa shape index (κ1) is 19.3. The van der Waals surface area contributed by atoms with Crippen molar-refractivity contribution in [2.45, 2.75) is 19.7 Å². The molecule has 0 saturated heterocycles. The Kier molecular flexibility index (Phi) is 5.87. The van der Waals surface area contributed by atoms with E-state index >= 15 is 0 Å². The molecule has 0 aliphatic carbocycles. The number of halogens is 3. The molecule has 0 bridgehead atoms. The van der Waals surface area contributed by atoms with Crippen molar-refractivity contribution in [2.24, 2.45) is 0 Å². The van der Waals surface area contributed by atoms with Crippen LogP contribution in [0.4, 0.5) is 13.2 Å². The number of aromatic nitrogens is 4. The lowest BCUT2D eigenvalue weighted by atomic mass is 10.2. The Morgan fingerprint density at radius 3 is 2.64 bits per heavy atom. The summed E-state index contributed by atoms with van der Waals surface area (Å²) >= 11 is 0. The molecule has 7 nitrogen and oxygen atoms in total. The van der Waals surface area contributed by atoms with E-state index in [4.69, 9.17) is 0 Å². The minimum Gasteiger partial charge on any atom is -0.435 e. The fourth-order valence-electron chi connectivity index (χ4n) is 2.43. The lowest BCUT2D eigenvalue weighted by Crippen LogP contribution is -2.30. The van der Waals surface area contributed by atoms with Gasteiger partial charge in [-0.05, 0) is 35.0 Å². The minimum absolute atomic E-state index is 0.0458. The van der Waals surface area contributed by atoms with Gasteiger partial charge >= 0.3 is 6.61 Å². The van der Waals surface area contributed by atoms with Crippen molar-refractivity contribution in [2.75, 3.05) is 7.05 Å². The number of benzene rings is 2. The van der Waals surface area contributed by atoms with Crippen LogP contribution in [0.2, 0.25) is 0 Å². The third kappa shape index (κ3) is 5.06. The zero-order chi connectivity index (χ0) is 20.1. The topological polar surface area (TPSA) is 73.1 Å². The molecule has 2 aromatic carbocycles. The van der Waals surface area contributed by atoms with Crippen molar-refractivity contribution < 1.29 is 22.7 Å². The third-order valence-electron chi connectivity index (χ3n) is 3.81. The van der Waals surface area contributed by atoms with Crippen LogP contribution in [0.3, 0.4) is 0 Å². The van der Waals surface area contributed by atoms with Crippen LogP contribution in [-0.4, -0.2) is 44.7 Å². The number of tetrazole rings is 1. The molecule has 0 spiro atoms. The molecular formula is C18H16F3N5O2. The molecule has 0 aliphatic heterocycles. The molecule has 1 heterocycles. The molecular weight excluding hydrogens is 375 g/mol. The fourth-order valence-corrected chi connectivity index (χ4v) is 2.43. The van der Waals surface area contributed by atoms with Crippen LogP contribution in [0.25, 0.3) is 11.4 Å². The smallest absolute Gasteiger partial charge is 0.387 e. The van der Waals surface area contributed by atoms with Crippen molar-refractivity contribution in [3.63, 3.8) is 0 Å². The Bertz CT molecular complexity index is 946. The fraction of sp³-hybridized carbons (Fsp3) is 0.222. The molecule has 3 rings (SSSR count). The summed E-state index contributed by atoms with van der Waals surface area (Å²) in [7, 11) is 1.59. The highest BCUT2D eigenvalue weighted by Gasteiger charge is 2.14. The van der Waals surface area contributed by atoms with Gasteiger partial charge in [0.05, 0.1) is 0 Å². The minimum atomic E-state index is -2.89. The summed E-state index contributed by atoms with van der Waals surface area (Å²) in [5.74, 6) is -0.445. The van der Waals surface area contributed by atoms with Crippen LogP contribution in [-0.2, 0) is 17.9 Å². The molecule has 0 radical (unpaired) electrons. The maximum absolute atomic E-state index is 13.3. The first-order valence-electron chi connectivity index (χ1n) is 8.22. The Morgan fingerprint density at radius 1 is 1.21 bits per heavy atom. The van der Waals surface area contributed by atoms with Gasteiger partial charge < -0.3 is 9.64 Å². The number of likely N-dealkylation sites (N-methyl/N-ethyl adjacent to an activating group) is 1. The number of hydrogen-bond acceptors (Lipinski definition) is 5. The van der Waals surface area contributed by atoms with Crippen molar-refractivity contribution in [1.82, 2.24) is 25.1 Å². The lowest BCUT2D eigenvalue weighted by Gasteiger charge is -2.17. The number of hydrogen-bond donors (Lipinski definition) is 0. The average Bonchev–Trinajstić information content (AvgIpc) is 3.11. The third-order valence-corrected chi connectivity index (χ3v) is 3.81. The van der Waals surface area contributed by atoms with Gasteiger partial charge in [-0.3, -0.25) is 4.79 Å². The van der Waals surface area contributed by atoms with E-state index in [0.29, 0.717) is 5.56 Å². The van der Waals surface area contributed by atoms with Gasteiger partial charge in [-0.25, -0.2) is 4.39 Å². The predicted molar refractivity (Wildman–Crippen MR) is 92.8 cm³/mol. The summed E-state index contributed by atoms with van der Waals surface area (Å²) in [5, 5.41) is 11.7. The Hall–Kier alpha value is -3.43. The number of nitrogens with zero attached hydrogens (tertiary/aromatic N) is 5. The number of rotatable bonds is 7. The van der Waals surface area contributed by atoms with Crippen LogP contribution in [0.5, 0.6) is 5.75 Å². The van der Waals surface area contributed by atoms with Crippen LogP contribution in [0, 0.1) is 5.82 Å². The van der Waals surface area contributed by atoms with Gasteiger partial charge in [-0.15, -0.1) is 10.2 Å². The Balaban J connectivity index is 1.58. The number of alkyl halides is 2. The van der Waals surface area contributed by atoms with Gasteiger partial charge in [-0.2, -0.15) is 13.6 Å². The number of amides is 1. The number of carbonyl (C=O) groups excluding carboxylic acids is 1. The highest BCUT2D eigenvalue weighted by atomic mass is 19.3. The van der Waals surface area contributed by atoms with E-state index in [-0.39, 0.29) is 30.6 Å². The molecule has 1 amide bonds. The molecule has 0 aliphatic rings. The standard InChI is InChI=1S/C18H16F3N5O2/c1-25(10-12-5-7-15(8-6-12)28-18(20)21)16(27)11-26-23-17(22-24-26)13-3-2-4-14(19)9-13/h2-9,18H,10-11H2,1H3. The van der Waals surface area contributed by atoms with Gasteiger partial charge in [0.2, 0.25) is 11.7 Å². The van der Waals surface area contributed by atoms with Gasteiger partial charge in [0.15, 0.2) is 0 Å². The summed E-state index contributed by atoms with van der Waals surface area (Å²) < 4.78 is 41.9. The summed E-state index contributed by atoms with van der Waals surface area (Å²) in [5.41, 5.74) is 1.20. The molecule has 10 heteroatoms. The Labute approximate surface area is 158 Å². The van der Waals surface area contributed by atoms with Crippen molar-refractivity contribution >= 4 is 5.91 Å². The monoisotopic (exact) mass is 391 g/mol. The quantitative estimate of drug-likeness (QED) is 0.619. The number of carbonyl (C=O) groups is 1. The second-order valence-corrected chi connectivity index (χ2v) is 5.93. The summed E-state index contributed by atoms with van der Waals surface area (Å²) in [6.07, 6.45) is 0. The molecule has 3 aromatic rings. The SMILES string of the molecule is CN(Cc1ccc(OC(F)F)cc1)C(=O)Cn1nnc(-c2cccc(F)c2)n1. The summed E-state index contributed by atoms with van der Waals surface area (Å²) in [6, 6.07) is 11.7. The van der Waals surface area contributed by atoms with Crippen LogP contribution >= 0.6 is 0 Å². The van der Waals surface area contributed by atoms with E-state index < -0.39 is 12.4 Å². The zero-order valence-corrected chi connectivity index (χ0v) is 14.8.